The molecule has 0 saturated carbocycles. The molecule has 1 atom stereocenters. The van der Waals surface area contributed by atoms with Crippen LogP contribution in [0.3, 0.4) is 0 Å². The minimum absolute atomic E-state index is 0.0236. The summed E-state index contributed by atoms with van der Waals surface area (Å²) in [6.07, 6.45) is 4.71. The molecule has 2 saturated heterocycles. The SMILES string of the molecule is Cc1c(Cl)cccc1NC(=O)[C@H](C)N1CCN(CC(=O)N2CCCCCC2)CC1. The van der Waals surface area contributed by atoms with Gasteiger partial charge in [0.15, 0.2) is 0 Å². The fraction of sp³-hybridized carbons (Fsp3) is 0.636. The Hall–Kier alpha value is -1.63. The Morgan fingerprint density at radius 2 is 1.69 bits per heavy atom. The monoisotopic (exact) mass is 420 g/mol. The minimum Gasteiger partial charge on any atom is -0.342 e. The highest BCUT2D eigenvalue weighted by Gasteiger charge is 2.27. The van der Waals surface area contributed by atoms with E-state index in [2.05, 4.69) is 15.1 Å². The molecule has 1 aromatic carbocycles. The highest BCUT2D eigenvalue weighted by molar-refractivity contribution is 6.31. The molecule has 2 heterocycles. The first-order chi connectivity index (χ1) is 14.0. The molecule has 0 aromatic heterocycles. The van der Waals surface area contributed by atoms with Crippen LogP contribution in [0.15, 0.2) is 18.2 Å². The van der Waals surface area contributed by atoms with Gasteiger partial charge in [-0.2, -0.15) is 0 Å². The van der Waals surface area contributed by atoms with Gasteiger partial charge in [-0.05, 0) is 44.4 Å². The average Bonchev–Trinajstić information content (AvgIpc) is 3.01. The number of piperazine rings is 1. The van der Waals surface area contributed by atoms with E-state index in [1.165, 1.54) is 12.8 Å². The van der Waals surface area contributed by atoms with E-state index in [9.17, 15) is 9.59 Å². The lowest BCUT2D eigenvalue weighted by Gasteiger charge is -2.37. The van der Waals surface area contributed by atoms with Crippen LogP contribution >= 0.6 is 11.6 Å². The maximum absolute atomic E-state index is 12.7. The molecule has 2 aliphatic rings. The Kier molecular flexibility index (Phi) is 7.92. The lowest BCUT2D eigenvalue weighted by atomic mass is 10.1. The van der Waals surface area contributed by atoms with Crippen LogP contribution in [0.4, 0.5) is 5.69 Å². The Morgan fingerprint density at radius 1 is 1.03 bits per heavy atom. The number of carbonyl (C=O) groups is 2. The summed E-state index contributed by atoms with van der Waals surface area (Å²) >= 11 is 6.15. The third-order valence-corrected chi connectivity index (χ3v) is 6.59. The molecule has 0 bridgehead atoms. The predicted octanol–water partition coefficient (Wildman–Crippen LogP) is 3.00. The van der Waals surface area contributed by atoms with Gasteiger partial charge in [0.1, 0.15) is 0 Å². The van der Waals surface area contributed by atoms with Crippen LogP contribution in [-0.2, 0) is 9.59 Å². The number of hydrogen-bond acceptors (Lipinski definition) is 4. The van der Waals surface area contributed by atoms with E-state index < -0.39 is 0 Å². The first-order valence-corrected chi connectivity index (χ1v) is 11.1. The summed E-state index contributed by atoms with van der Waals surface area (Å²) in [5.41, 5.74) is 1.64. The summed E-state index contributed by atoms with van der Waals surface area (Å²) in [5.74, 6) is 0.229. The number of nitrogens with zero attached hydrogens (tertiary/aromatic N) is 3. The smallest absolute Gasteiger partial charge is 0.241 e. The summed E-state index contributed by atoms with van der Waals surface area (Å²) in [5, 5.41) is 3.65. The average molecular weight is 421 g/mol. The number of halogens is 1. The number of nitrogens with one attached hydrogen (secondary N) is 1. The van der Waals surface area contributed by atoms with Crippen molar-refractivity contribution in [1.29, 1.82) is 0 Å². The molecule has 29 heavy (non-hydrogen) atoms. The summed E-state index contributed by atoms with van der Waals surface area (Å²) in [4.78, 5) is 31.7. The van der Waals surface area contributed by atoms with Crippen molar-refractivity contribution in [2.75, 3.05) is 51.1 Å². The van der Waals surface area contributed by atoms with Gasteiger partial charge in [0, 0.05) is 50.0 Å². The van der Waals surface area contributed by atoms with Gasteiger partial charge in [-0.3, -0.25) is 19.4 Å². The van der Waals surface area contributed by atoms with E-state index in [1.807, 2.05) is 36.9 Å². The van der Waals surface area contributed by atoms with E-state index >= 15 is 0 Å². The van der Waals surface area contributed by atoms with Crippen LogP contribution in [-0.4, -0.2) is 78.4 Å². The summed E-state index contributed by atoms with van der Waals surface area (Å²) in [7, 11) is 0. The Labute approximate surface area is 179 Å². The van der Waals surface area contributed by atoms with Crippen molar-refractivity contribution in [3.8, 4) is 0 Å². The molecule has 7 heteroatoms. The lowest BCUT2D eigenvalue weighted by Crippen LogP contribution is -2.54. The predicted molar refractivity (Wildman–Crippen MR) is 117 cm³/mol. The van der Waals surface area contributed by atoms with E-state index in [0.717, 1.165) is 63.4 Å². The van der Waals surface area contributed by atoms with Crippen LogP contribution in [0.25, 0.3) is 0 Å². The molecule has 0 radical (unpaired) electrons. The zero-order chi connectivity index (χ0) is 20.8. The molecule has 0 spiro atoms. The first-order valence-electron chi connectivity index (χ1n) is 10.8. The number of amides is 2. The second kappa shape index (κ2) is 10.4. The van der Waals surface area contributed by atoms with Crippen molar-refractivity contribution in [3.05, 3.63) is 28.8 Å². The molecule has 2 aliphatic heterocycles. The zero-order valence-electron chi connectivity index (χ0n) is 17.6. The third-order valence-electron chi connectivity index (χ3n) is 6.18. The summed E-state index contributed by atoms with van der Waals surface area (Å²) in [6.45, 7) is 9.34. The van der Waals surface area contributed by atoms with Gasteiger partial charge in [-0.1, -0.05) is 30.5 Å². The molecule has 1 N–H and O–H groups in total. The number of rotatable bonds is 5. The van der Waals surface area contributed by atoms with Crippen LogP contribution in [0.1, 0.15) is 38.2 Å². The quantitative estimate of drug-likeness (QED) is 0.795. The minimum atomic E-state index is -0.225. The normalized spacial score (nSPS) is 20.2. The fourth-order valence-electron chi connectivity index (χ4n) is 4.07. The first kappa shape index (κ1) is 22.1. The highest BCUT2D eigenvalue weighted by Crippen LogP contribution is 2.23. The van der Waals surface area contributed by atoms with Crippen molar-refractivity contribution < 1.29 is 9.59 Å². The van der Waals surface area contributed by atoms with Crippen LogP contribution < -0.4 is 5.32 Å². The van der Waals surface area contributed by atoms with Crippen molar-refractivity contribution in [3.63, 3.8) is 0 Å². The van der Waals surface area contributed by atoms with E-state index in [4.69, 9.17) is 11.6 Å². The number of benzene rings is 1. The van der Waals surface area contributed by atoms with Gasteiger partial charge in [0.05, 0.1) is 12.6 Å². The molecule has 0 unspecified atom stereocenters. The van der Waals surface area contributed by atoms with Crippen LogP contribution in [0.5, 0.6) is 0 Å². The number of carbonyl (C=O) groups excluding carboxylic acids is 2. The molecular weight excluding hydrogens is 388 g/mol. The summed E-state index contributed by atoms with van der Waals surface area (Å²) in [6, 6.07) is 5.31. The molecular formula is C22H33ClN4O2. The number of hydrogen-bond donors (Lipinski definition) is 1. The molecule has 6 nitrogen and oxygen atoms in total. The van der Waals surface area contributed by atoms with Crippen molar-refractivity contribution in [2.45, 2.75) is 45.6 Å². The van der Waals surface area contributed by atoms with Crippen molar-refractivity contribution in [2.24, 2.45) is 0 Å². The van der Waals surface area contributed by atoms with Gasteiger partial charge in [0.25, 0.3) is 0 Å². The molecule has 1 aromatic rings. The number of anilines is 1. The van der Waals surface area contributed by atoms with Gasteiger partial charge >= 0.3 is 0 Å². The molecule has 160 valence electrons. The third kappa shape index (κ3) is 5.93. The van der Waals surface area contributed by atoms with Crippen molar-refractivity contribution >= 4 is 29.1 Å². The van der Waals surface area contributed by atoms with Gasteiger partial charge < -0.3 is 10.2 Å². The van der Waals surface area contributed by atoms with Gasteiger partial charge in [0.2, 0.25) is 11.8 Å². The van der Waals surface area contributed by atoms with E-state index in [-0.39, 0.29) is 17.9 Å². The molecule has 2 fully saturated rings. The van der Waals surface area contributed by atoms with Crippen LogP contribution in [0, 0.1) is 6.92 Å². The molecule has 3 rings (SSSR count). The van der Waals surface area contributed by atoms with Crippen LogP contribution in [0.2, 0.25) is 5.02 Å². The standard InChI is InChI=1S/C22H33ClN4O2/c1-17-19(23)8-7-9-20(17)24-22(29)18(2)26-14-12-25(13-15-26)16-21(28)27-10-5-3-4-6-11-27/h7-9,18H,3-6,10-16H2,1-2H3,(H,24,29)/t18-/m0/s1. The van der Waals surface area contributed by atoms with Gasteiger partial charge in [-0.15, -0.1) is 0 Å². The Morgan fingerprint density at radius 3 is 2.34 bits per heavy atom. The maximum Gasteiger partial charge on any atom is 0.241 e. The van der Waals surface area contributed by atoms with Gasteiger partial charge in [-0.25, -0.2) is 0 Å². The Bertz CT molecular complexity index is 711. The highest BCUT2D eigenvalue weighted by atomic mass is 35.5. The number of likely N-dealkylation sites (tertiary alicyclic amines) is 1. The van der Waals surface area contributed by atoms with Crippen molar-refractivity contribution in [1.82, 2.24) is 14.7 Å². The molecule has 0 aliphatic carbocycles. The fourth-order valence-corrected chi connectivity index (χ4v) is 4.24. The second-order valence-corrected chi connectivity index (χ2v) is 8.59. The Balaban J connectivity index is 1.46. The van der Waals surface area contributed by atoms with E-state index in [0.29, 0.717) is 11.6 Å². The zero-order valence-corrected chi connectivity index (χ0v) is 18.4. The summed E-state index contributed by atoms with van der Waals surface area (Å²) < 4.78 is 0. The topological polar surface area (TPSA) is 55.9 Å². The lowest BCUT2D eigenvalue weighted by molar-refractivity contribution is -0.133. The molecule has 2 amide bonds. The maximum atomic E-state index is 12.7. The largest absolute Gasteiger partial charge is 0.342 e. The van der Waals surface area contributed by atoms with E-state index in [1.54, 1.807) is 0 Å². The second-order valence-electron chi connectivity index (χ2n) is 8.18.